The predicted molar refractivity (Wildman–Crippen MR) is 110 cm³/mol. The average Bonchev–Trinajstić information content (AvgIpc) is 3.39. The second-order valence-electron chi connectivity index (χ2n) is 8.09. The minimum absolute atomic E-state index is 0.0157. The predicted octanol–water partition coefficient (Wildman–Crippen LogP) is 4.16. The van der Waals surface area contributed by atoms with E-state index in [4.69, 9.17) is 0 Å². The Bertz CT molecular complexity index is 940. The zero-order chi connectivity index (χ0) is 19.8. The van der Waals surface area contributed by atoms with Crippen molar-refractivity contribution in [3.8, 4) is 0 Å². The molecular weight excluding hydrogens is 360 g/mol. The zero-order valence-corrected chi connectivity index (χ0v) is 17.0. The first-order chi connectivity index (χ1) is 12.6. The monoisotopic (exact) mass is 386 g/mol. The zero-order valence-electron chi connectivity index (χ0n) is 16.2. The van der Waals surface area contributed by atoms with E-state index in [1.807, 2.05) is 12.1 Å². The summed E-state index contributed by atoms with van der Waals surface area (Å²) in [6.45, 7) is 6.36. The number of carbonyl (C=O) groups excluding carboxylic acids is 1. The maximum atomic E-state index is 12.7. The number of carbonyl (C=O) groups is 1. The number of anilines is 2. The fourth-order valence-electron chi connectivity index (χ4n) is 3.04. The summed E-state index contributed by atoms with van der Waals surface area (Å²) in [5, 5.41) is 2.88. The molecule has 1 amide bonds. The second kappa shape index (κ2) is 7.00. The van der Waals surface area contributed by atoms with Crippen LogP contribution in [0.3, 0.4) is 0 Å². The Morgan fingerprint density at radius 2 is 1.63 bits per heavy atom. The number of para-hydroxylation sites is 2. The third-order valence-electron chi connectivity index (χ3n) is 4.64. The average molecular weight is 387 g/mol. The molecule has 6 heteroatoms. The molecule has 5 nitrogen and oxygen atoms in total. The number of nitrogens with one attached hydrogen (secondary N) is 1. The lowest BCUT2D eigenvalue weighted by molar-refractivity contribution is 0.102. The molecule has 144 valence electrons. The van der Waals surface area contributed by atoms with Crippen molar-refractivity contribution in [1.82, 2.24) is 0 Å². The molecule has 0 aromatic heterocycles. The van der Waals surface area contributed by atoms with Crippen molar-refractivity contribution in [2.45, 2.75) is 45.1 Å². The third-order valence-corrected chi connectivity index (χ3v) is 5.85. The van der Waals surface area contributed by atoms with Crippen molar-refractivity contribution in [3.05, 3.63) is 59.7 Å². The van der Waals surface area contributed by atoms with Crippen molar-refractivity contribution < 1.29 is 13.2 Å². The molecule has 1 aliphatic carbocycles. The summed E-state index contributed by atoms with van der Waals surface area (Å²) in [7, 11) is -3.42. The van der Waals surface area contributed by atoms with Crippen LogP contribution in [0.1, 0.15) is 49.5 Å². The molecule has 27 heavy (non-hydrogen) atoms. The van der Waals surface area contributed by atoms with Gasteiger partial charge in [0.1, 0.15) is 0 Å². The minimum atomic E-state index is -3.42. The molecule has 2 aromatic carbocycles. The summed E-state index contributed by atoms with van der Waals surface area (Å²) in [5.74, 6) is -0.257. The number of rotatable bonds is 5. The van der Waals surface area contributed by atoms with Crippen LogP contribution in [-0.4, -0.2) is 26.6 Å². The highest BCUT2D eigenvalue weighted by Crippen LogP contribution is 2.37. The van der Waals surface area contributed by atoms with Crippen LogP contribution in [0.25, 0.3) is 0 Å². The highest BCUT2D eigenvalue weighted by atomic mass is 32.2. The maximum absolute atomic E-state index is 12.7. The molecule has 1 saturated carbocycles. The Morgan fingerprint density at radius 1 is 1.04 bits per heavy atom. The summed E-state index contributed by atoms with van der Waals surface area (Å²) < 4.78 is 26.0. The molecular formula is C21H26N2O3S. The number of amides is 1. The van der Waals surface area contributed by atoms with Crippen molar-refractivity contribution in [2.24, 2.45) is 0 Å². The molecule has 0 atom stereocenters. The number of benzene rings is 2. The summed E-state index contributed by atoms with van der Waals surface area (Å²) in [4.78, 5) is 12.7. The SMILES string of the molecule is CC(C)(C)c1ccc(C(=O)Nc2ccccc2N(C2CC2)S(C)(=O)=O)cc1. The first-order valence-electron chi connectivity index (χ1n) is 9.08. The fraction of sp³-hybridized carbons (Fsp3) is 0.381. The Balaban J connectivity index is 1.87. The molecule has 0 radical (unpaired) electrons. The Kier molecular flexibility index (Phi) is 5.04. The maximum Gasteiger partial charge on any atom is 0.255 e. The van der Waals surface area contributed by atoms with Crippen molar-refractivity contribution in [2.75, 3.05) is 15.9 Å². The van der Waals surface area contributed by atoms with Gasteiger partial charge in [0.2, 0.25) is 10.0 Å². The third kappa shape index (κ3) is 4.50. The van der Waals surface area contributed by atoms with Gasteiger partial charge in [-0.1, -0.05) is 45.0 Å². The van der Waals surface area contributed by atoms with Gasteiger partial charge in [0, 0.05) is 11.6 Å². The van der Waals surface area contributed by atoms with Crippen LogP contribution in [0.5, 0.6) is 0 Å². The Labute approximate surface area is 161 Å². The van der Waals surface area contributed by atoms with Crippen LogP contribution in [-0.2, 0) is 15.4 Å². The molecule has 2 aromatic rings. The van der Waals surface area contributed by atoms with Gasteiger partial charge in [-0.05, 0) is 48.1 Å². The minimum Gasteiger partial charge on any atom is -0.320 e. The number of nitrogens with zero attached hydrogens (tertiary/aromatic N) is 1. The first kappa shape index (κ1) is 19.4. The standard InChI is InChI=1S/C21H26N2O3S/c1-21(2,3)16-11-9-15(10-12-16)20(24)22-18-7-5-6-8-19(18)23(17-13-14-17)27(4,25)26/h5-12,17H,13-14H2,1-4H3,(H,22,24). The lowest BCUT2D eigenvalue weighted by atomic mass is 9.87. The van der Waals surface area contributed by atoms with Gasteiger partial charge in [-0.2, -0.15) is 0 Å². The van der Waals surface area contributed by atoms with E-state index in [1.165, 1.54) is 10.6 Å². The molecule has 1 N–H and O–H groups in total. The Hall–Kier alpha value is -2.34. The van der Waals surface area contributed by atoms with Gasteiger partial charge in [-0.25, -0.2) is 8.42 Å². The van der Waals surface area contributed by atoms with Crippen LogP contribution >= 0.6 is 0 Å². The summed E-state index contributed by atoms with van der Waals surface area (Å²) in [5.41, 5.74) is 2.72. The van der Waals surface area contributed by atoms with Gasteiger partial charge in [0.15, 0.2) is 0 Å². The lowest BCUT2D eigenvalue weighted by Gasteiger charge is -2.25. The van der Waals surface area contributed by atoms with Gasteiger partial charge in [0.25, 0.3) is 5.91 Å². The number of sulfonamides is 1. The molecule has 1 aliphatic rings. The van der Waals surface area contributed by atoms with E-state index < -0.39 is 10.0 Å². The van der Waals surface area contributed by atoms with Crippen molar-refractivity contribution >= 4 is 27.3 Å². The smallest absolute Gasteiger partial charge is 0.255 e. The molecule has 0 unspecified atom stereocenters. The quantitative estimate of drug-likeness (QED) is 0.839. The summed E-state index contributed by atoms with van der Waals surface area (Å²) in [6.07, 6.45) is 2.88. The van der Waals surface area contributed by atoms with Crippen LogP contribution in [0.15, 0.2) is 48.5 Å². The highest BCUT2D eigenvalue weighted by Gasteiger charge is 2.36. The van der Waals surface area contributed by atoms with Crippen LogP contribution in [0.4, 0.5) is 11.4 Å². The van der Waals surface area contributed by atoms with E-state index >= 15 is 0 Å². The molecule has 3 rings (SSSR count). The first-order valence-corrected chi connectivity index (χ1v) is 10.9. The molecule has 0 heterocycles. The van der Waals surface area contributed by atoms with Crippen LogP contribution in [0.2, 0.25) is 0 Å². The molecule has 0 aliphatic heterocycles. The number of hydrogen-bond donors (Lipinski definition) is 1. The van der Waals surface area contributed by atoms with Gasteiger partial charge < -0.3 is 5.32 Å². The van der Waals surface area contributed by atoms with Gasteiger partial charge in [-0.15, -0.1) is 0 Å². The van der Waals surface area contributed by atoms with Crippen LogP contribution < -0.4 is 9.62 Å². The fourth-order valence-corrected chi connectivity index (χ4v) is 4.31. The van der Waals surface area contributed by atoms with E-state index in [-0.39, 0.29) is 17.4 Å². The lowest BCUT2D eigenvalue weighted by Crippen LogP contribution is -2.33. The molecule has 0 saturated heterocycles. The second-order valence-corrected chi connectivity index (χ2v) is 9.95. The van der Waals surface area contributed by atoms with Crippen LogP contribution in [0, 0.1) is 0 Å². The normalized spacial score (nSPS) is 14.7. The van der Waals surface area contributed by atoms with Gasteiger partial charge in [-0.3, -0.25) is 9.10 Å². The van der Waals surface area contributed by atoms with E-state index in [9.17, 15) is 13.2 Å². The van der Waals surface area contributed by atoms with Crippen molar-refractivity contribution in [3.63, 3.8) is 0 Å². The largest absolute Gasteiger partial charge is 0.320 e. The van der Waals surface area contributed by atoms with E-state index in [0.717, 1.165) is 18.4 Å². The highest BCUT2D eigenvalue weighted by molar-refractivity contribution is 7.92. The molecule has 1 fully saturated rings. The topological polar surface area (TPSA) is 66.5 Å². The summed E-state index contributed by atoms with van der Waals surface area (Å²) in [6, 6.07) is 14.5. The van der Waals surface area contributed by atoms with Gasteiger partial charge >= 0.3 is 0 Å². The Morgan fingerprint density at radius 3 is 2.15 bits per heavy atom. The van der Waals surface area contributed by atoms with Gasteiger partial charge in [0.05, 0.1) is 17.6 Å². The number of hydrogen-bond acceptors (Lipinski definition) is 3. The summed E-state index contributed by atoms with van der Waals surface area (Å²) >= 11 is 0. The van der Waals surface area contributed by atoms with E-state index in [2.05, 4.69) is 26.1 Å². The van der Waals surface area contributed by atoms with E-state index in [0.29, 0.717) is 16.9 Å². The molecule has 0 bridgehead atoms. The molecule has 0 spiro atoms. The van der Waals surface area contributed by atoms with E-state index in [1.54, 1.807) is 36.4 Å². The van der Waals surface area contributed by atoms with Crippen molar-refractivity contribution in [1.29, 1.82) is 0 Å².